The largest absolute Gasteiger partial charge is 0.285 e. The van der Waals surface area contributed by atoms with Crippen molar-refractivity contribution in [2.45, 2.75) is 0 Å². The summed E-state index contributed by atoms with van der Waals surface area (Å²) in [7, 11) is 0. The highest BCUT2D eigenvalue weighted by Gasteiger charge is 2.15. The molecule has 5 aromatic carbocycles. The number of aromatic nitrogens is 2. The molecule has 0 bridgehead atoms. The minimum Gasteiger partial charge on any atom is -0.285 e. The Labute approximate surface area is 272 Å². The Morgan fingerprint density at radius 1 is 0.455 bits per heavy atom. The first-order chi connectivity index (χ1) is 21.6. The van der Waals surface area contributed by atoms with Gasteiger partial charge >= 0.3 is 0 Å². The normalized spacial score (nSPS) is 12.1. The molecule has 0 radical (unpaired) electrons. The van der Waals surface area contributed by atoms with E-state index in [4.69, 9.17) is 33.2 Å². The standard InChI is InChI=1S/C36H24Cl2N4S2/c37-27-18-14-25(15-19-27)33-23-43-35(39-29-8-3-1-4-9-29)41(33)31-12-7-13-32(22-31)42-34(26-16-20-28(38)21-17-26)24-44-36(42)40-30-10-5-2-6-11-30/h1-24H. The maximum atomic E-state index is 6.25. The molecule has 44 heavy (non-hydrogen) atoms. The van der Waals surface area contributed by atoms with Gasteiger partial charge in [-0.05, 0) is 77.9 Å². The van der Waals surface area contributed by atoms with Crippen molar-refractivity contribution in [3.8, 4) is 33.9 Å². The molecule has 0 atom stereocenters. The van der Waals surface area contributed by atoms with Crippen molar-refractivity contribution < 1.29 is 0 Å². The van der Waals surface area contributed by atoms with Crippen molar-refractivity contribution in [2.24, 2.45) is 9.98 Å². The molecule has 2 aromatic heterocycles. The average Bonchev–Trinajstić information content (AvgIpc) is 3.67. The van der Waals surface area contributed by atoms with Gasteiger partial charge in [0.05, 0.1) is 34.1 Å². The van der Waals surface area contributed by atoms with Crippen LogP contribution >= 0.6 is 45.9 Å². The summed E-state index contributed by atoms with van der Waals surface area (Å²) in [5.74, 6) is 0. The lowest BCUT2D eigenvalue weighted by molar-refractivity contribution is 0.982. The summed E-state index contributed by atoms with van der Waals surface area (Å²) in [5.41, 5.74) is 7.91. The van der Waals surface area contributed by atoms with Gasteiger partial charge in [-0.15, -0.1) is 22.7 Å². The fraction of sp³-hybridized carbons (Fsp3) is 0. The number of hydrogen-bond donors (Lipinski definition) is 0. The van der Waals surface area contributed by atoms with Gasteiger partial charge < -0.3 is 0 Å². The average molecular weight is 648 g/mol. The van der Waals surface area contributed by atoms with Crippen molar-refractivity contribution in [1.29, 1.82) is 0 Å². The van der Waals surface area contributed by atoms with Gasteiger partial charge in [-0.2, -0.15) is 0 Å². The lowest BCUT2D eigenvalue weighted by Gasteiger charge is -2.14. The highest BCUT2D eigenvalue weighted by Crippen LogP contribution is 2.29. The van der Waals surface area contributed by atoms with Crippen molar-refractivity contribution in [1.82, 2.24) is 9.13 Å². The molecule has 7 rings (SSSR count). The van der Waals surface area contributed by atoms with E-state index in [0.29, 0.717) is 10.0 Å². The maximum Gasteiger partial charge on any atom is 0.195 e. The Balaban J connectivity index is 1.45. The summed E-state index contributed by atoms with van der Waals surface area (Å²) in [5, 5.41) is 5.69. The lowest BCUT2D eigenvalue weighted by Crippen LogP contribution is -2.16. The summed E-state index contributed by atoms with van der Waals surface area (Å²) < 4.78 is 4.40. The molecule has 0 aliphatic heterocycles. The van der Waals surface area contributed by atoms with Crippen LogP contribution in [0.3, 0.4) is 0 Å². The Morgan fingerprint density at radius 2 is 0.864 bits per heavy atom. The molecule has 0 fully saturated rings. The van der Waals surface area contributed by atoms with E-state index in [2.05, 4.69) is 44.2 Å². The van der Waals surface area contributed by atoms with E-state index >= 15 is 0 Å². The third-order valence-corrected chi connectivity index (χ3v) is 9.16. The van der Waals surface area contributed by atoms with Crippen LogP contribution in [0.1, 0.15) is 0 Å². The van der Waals surface area contributed by atoms with E-state index in [0.717, 1.165) is 54.9 Å². The number of benzene rings is 5. The van der Waals surface area contributed by atoms with Gasteiger partial charge in [0.2, 0.25) is 0 Å². The lowest BCUT2D eigenvalue weighted by atomic mass is 10.1. The molecule has 0 saturated heterocycles. The van der Waals surface area contributed by atoms with Crippen molar-refractivity contribution in [3.63, 3.8) is 0 Å². The first kappa shape index (κ1) is 28.3. The van der Waals surface area contributed by atoms with Gasteiger partial charge in [0.25, 0.3) is 0 Å². The smallest absolute Gasteiger partial charge is 0.195 e. The zero-order valence-corrected chi connectivity index (χ0v) is 26.4. The van der Waals surface area contributed by atoms with E-state index in [-0.39, 0.29) is 0 Å². The third kappa shape index (κ3) is 5.98. The zero-order valence-electron chi connectivity index (χ0n) is 23.2. The zero-order chi connectivity index (χ0) is 29.9. The molecule has 0 N–H and O–H groups in total. The Bertz CT molecular complexity index is 2020. The molecule has 0 saturated carbocycles. The minimum absolute atomic E-state index is 0.699. The van der Waals surface area contributed by atoms with E-state index in [9.17, 15) is 0 Å². The topological polar surface area (TPSA) is 34.6 Å². The molecule has 7 aromatic rings. The van der Waals surface area contributed by atoms with E-state index < -0.39 is 0 Å². The summed E-state index contributed by atoms with van der Waals surface area (Å²) in [6.45, 7) is 0. The Kier molecular flexibility index (Phi) is 8.14. The summed E-state index contributed by atoms with van der Waals surface area (Å²) in [4.78, 5) is 11.8. The van der Waals surface area contributed by atoms with Gasteiger partial charge in [0.15, 0.2) is 9.60 Å². The fourth-order valence-corrected chi connectivity index (χ4v) is 7.02. The van der Waals surface area contributed by atoms with Crippen molar-refractivity contribution >= 4 is 57.3 Å². The Morgan fingerprint density at radius 3 is 1.27 bits per heavy atom. The molecule has 4 nitrogen and oxygen atoms in total. The number of rotatable bonds is 6. The van der Waals surface area contributed by atoms with E-state index in [1.165, 1.54) is 0 Å². The van der Waals surface area contributed by atoms with Gasteiger partial charge in [0.1, 0.15) is 0 Å². The predicted octanol–water partition coefficient (Wildman–Crippen LogP) is 10.5. The highest BCUT2D eigenvalue weighted by molar-refractivity contribution is 7.07. The molecule has 0 aliphatic rings. The predicted molar refractivity (Wildman–Crippen MR) is 185 cm³/mol. The molecule has 0 spiro atoms. The second-order valence-corrected chi connectivity index (χ2v) is 12.5. The summed E-state index contributed by atoms with van der Waals surface area (Å²) in [6, 6.07) is 44.4. The molecule has 2 heterocycles. The van der Waals surface area contributed by atoms with Crippen LogP contribution in [-0.2, 0) is 0 Å². The number of halogens is 2. The molecule has 0 unspecified atom stereocenters. The molecule has 0 amide bonds. The molecular weight excluding hydrogens is 623 g/mol. The number of para-hydroxylation sites is 2. The minimum atomic E-state index is 0.699. The van der Waals surface area contributed by atoms with Crippen LogP contribution in [0.15, 0.2) is 154 Å². The van der Waals surface area contributed by atoms with Crippen LogP contribution in [0.4, 0.5) is 11.4 Å². The van der Waals surface area contributed by atoms with Crippen LogP contribution in [0.5, 0.6) is 0 Å². The van der Waals surface area contributed by atoms with Crippen molar-refractivity contribution in [2.75, 3.05) is 0 Å². The van der Waals surface area contributed by atoms with E-state index in [1.807, 2.05) is 109 Å². The summed E-state index contributed by atoms with van der Waals surface area (Å²) >= 11 is 15.7. The number of thiazole rings is 2. The first-order valence-electron chi connectivity index (χ1n) is 13.9. The molecule has 214 valence electrons. The fourth-order valence-electron chi connectivity index (χ4n) is 4.92. The second-order valence-electron chi connectivity index (χ2n) is 9.91. The van der Waals surface area contributed by atoms with Gasteiger partial charge in [-0.3, -0.25) is 9.13 Å². The third-order valence-electron chi connectivity index (χ3n) is 7.00. The monoisotopic (exact) mass is 646 g/mol. The van der Waals surface area contributed by atoms with Gasteiger partial charge in [-0.1, -0.05) is 89.9 Å². The maximum absolute atomic E-state index is 6.25. The summed E-state index contributed by atoms with van der Waals surface area (Å²) in [6.07, 6.45) is 0. The molecular formula is C36H24Cl2N4S2. The highest BCUT2D eigenvalue weighted by atomic mass is 35.5. The molecule has 8 heteroatoms. The quantitative estimate of drug-likeness (QED) is 0.172. The van der Waals surface area contributed by atoms with Gasteiger partial charge in [0, 0.05) is 20.8 Å². The SMILES string of the molecule is Clc1ccc(-c2csc(=Nc3ccccc3)n2-c2cccc(-n3c(-c4ccc(Cl)cc4)csc3=Nc3ccccc3)c2)cc1. The van der Waals surface area contributed by atoms with E-state index in [1.54, 1.807) is 22.7 Å². The van der Waals surface area contributed by atoms with Crippen LogP contribution in [0.2, 0.25) is 10.0 Å². The number of nitrogens with zero attached hydrogens (tertiary/aromatic N) is 4. The van der Waals surface area contributed by atoms with Crippen LogP contribution in [-0.4, -0.2) is 9.13 Å². The molecule has 0 aliphatic carbocycles. The van der Waals surface area contributed by atoms with Crippen LogP contribution in [0, 0.1) is 0 Å². The Hall–Kier alpha value is -4.46. The van der Waals surface area contributed by atoms with Gasteiger partial charge in [-0.25, -0.2) is 9.98 Å². The van der Waals surface area contributed by atoms with Crippen LogP contribution < -0.4 is 9.60 Å². The first-order valence-corrected chi connectivity index (χ1v) is 16.4. The number of hydrogen-bond acceptors (Lipinski definition) is 4. The second kappa shape index (κ2) is 12.6. The van der Waals surface area contributed by atoms with Crippen molar-refractivity contribution in [3.05, 3.63) is 164 Å². The van der Waals surface area contributed by atoms with Crippen LogP contribution in [0.25, 0.3) is 33.9 Å².